The second-order valence-corrected chi connectivity index (χ2v) is 10.2. The van der Waals surface area contributed by atoms with Gasteiger partial charge in [0.05, 0.1) is 4.90 Å². The number of carbonyl (C=O) groups is 1. The van der Waals surface area contributed by atoms with Gasteiger partial charge >= 0.3 is 5.97 Å². The number of sulfonamides is 1. The third-order valence-electron chi connectivity index (χ3n) is 4.02. The molecule has 0 radical (unpaired) electrons. The molecule has 2 atom stereocenters. The molecule has 0 spiro atoms. The first-order valence-electron chi connectivity index (χ1n) is 8.33. The van der Waals surface area contributed by atoms with Crippen LogP contribution in [-0.4, -0.2) is 64.7 Å². The van der Waals surface area contributed by atoms with E-state index >= 15 is 0 Å². The van der Waals surface area contributed by atoms with Crippen LogP contribution >= 0.6 is 11.8 Å². The van der Waals surface area contributed by atoms with Crippen molar-refractivity contribution in [2.75, 3.05) is 18.9 Å². The predicted octanol–water partition coefficient (Wildman–Crippen LogP) is 1.42. The number of hydrogen-bond acceptors (Lipinski definition) is 6. The molecule has 7 nitrogen and oxygen atoms in total. The highest BCUT2D eigenvalue weighted by Crippen LogP contribution is 2.38. The number of hydrogen-bond donors (Lipinski definition) is 2. The van der Waals surface area contributed by atoms with Gasteiger partial charge in [0, 0.05) is 17.0 Å². The van der Waals surface area contributed by atoms with E-state index in [0.717, 1.165) is 4.31 Å². The fraction of sp³-hybridized carbons (Fsp3) is 0.500. The topological polar surface area (TPSA) is 104 Å². The highest BCUT2D eigenvalue weighted by Gasteiger charge is 2.48. The van der Waals surface area contributed by atoms with E-state index < -0.39 is 32.9 Å². The Hall–Kier alpha value is -1.73. The summed E-state index contributed by atoms with van der Waals surface area (Å²) in [5, 5.41) is 18.6. The molecule has 2 unspecified atom stereocenters. The maximum Gasteiger partial charge on any atom is 0.323 e. The van der Waals surface area contributed by atoms with Crippen LogP contribution in [0.3, 0.4) is 0 Å². The molecule has 2 N–H and O–H groups in total. The van der Waals surface area contributed by atoms with Crippen molar-refractivity contribution in [3.63, 3.8) is 0 Å². The summed E-state index contributed by atoms with van der Waals surface area (Å²) in [7, 11) is -3.96. The van der Waals surface area contributed by atoms with Crippen LogP contribution in [0.4, 0.5) is 0 Å². The molecule has 0 saturated carbocycles. The zero-order valence-corrected chi connectivity index (χ0v) is 17.0. The van der Waals surface area contributed by atoms with Crippen LogP contribution in [0.2, 0.25) is 0 Å². The predicted molar refractivity (Wildman–Crippen MR) is 103 cm³/mol. The molecule has 1 aromatic rings. The van der Waals surface area contributed by atoms with E-state index in [9.17, 15) is 18.3 Å². The molecule has 1 fully saturated rings. The Kier molecular flexibility index (Phi) is 6.81. The fourth-order valence-electron chi connectivity index (χ4n) is 2.78. The maximum atomic E-state index is 13.0. The molecule has 0 aromatic heterocycles. The lowest BCUT2D eigenvalue weighted by Crippen LogP contribution is -2.58. The zero-order chi connectivity index (χ0) is 20.2. The molecule has 148 valence electrons. The van der Waals surface area contributed by atoms with E-state index in [4.69, 9.17) is 9.84 Å². The van der Waals surface area contributed by atoms with Gasteiger partial charge in [0.1, 0.15) is 24.5 Å². The van der Waals surface area contributed by atoms with Crippen molar-refractivity contribution in [2.24, 2.45) is 0 Å². The van der Waals surface area contributed by atoms with Gasteiger partial charge in [-0.1, -0.05) is 11.8 Å². The van der Waals surface area contributed by atoms with E-state index in [1.165, 1.54) is 43.0 Å². The standard InChI is InChI=1S/C18H23NO6S2/c1-13(20)5-4-11-25-14-6-8-15(9-7-14)27(23,24)19-10-12-26-18(2,3)16(19)17(21)22/h6-9,13,16,20H,10-12H2,1-3H3,(H,21,22). The van der Waals surface area contributed by atoms with Crippen molar-refractivity contribution in [1.29, 1.82) is 0 Å². The van der Waals surface area contributed by atoms with Crippen molar-refractivity contribution in [3.05, 3.63) is 24.3 Å². The summed E-state index contributed by atoms with van der Waals surface area (Å²) in [6.07, 6.45) is -0.741. The normalized spacial score (nSPS) is 21.0. The molecule has 0 aliphatic carbocycles. The SMILES string of the molecule is CC(O)C#CCOc1ccc(S(=O)(=O)N2CCSC(C)(C)C2C(=O)O)cc1. The molecule has 1 heterocycles. The number of thioether (sulfide) groups is 1. The Morgan fingerprint density at radius 2 is 2.04 bits per heavy atom. The minimum atomic E-state index is -3.96. The van der Waals surface area contributed by atoms with Crippen molar-refractivity contribution in [3.8, 4) is 17.6 Å². The minimum Gasteiger partial charge on any atom is -0.481 e. The molecular formula is C18H23NO6S2. The molecule has 9 heteroatoms. The average molecular weight is 414 g/mol. The van der Waals surface area contributed by atoms with Crippen molar-refractivity contribution in [1.82, 2.24) is 4.31 Å². The second kappa shape index (κ2) is 8.52. The van der Waals surface area contributed by atoms with Crippen LogP contribution in [0.15, 0.2) is 29.2 Å². The lowest BCUT2D eigenvalue weighted by molar-refractivity contribution is -0.142. The van der Waals surface area contributed by atoms with Gasteiger partial charge in [-0.05, 0) is 45.0 Å². The van der Waals surface area contributed by atoms with Gasteiger partial charge in [-0.15, -0.1) is 0 Å². The summed E-state index contributed by atoms with van der Waals surface area (Å²) < 4.78 is 31.7. The monoisotopic (exact) mass is 413 g/mol. The summed E-state index contributed by atoms with van der Waals surface area (Å²) in [5.41, 5.74) is 0. The molecule has 0 amide bonds. The number of rotatable bonds is 5. The molecular weight excluding hydrogens is 390 g/mol. The molecule has 27 heavy (non-hydrogen) atoms. The van der Waals surface area contributed by atoms with Gasteiger partial charge < -0.3 is 14.9 Å². The van der Waals surface area contributed by atoms with Crippen LogP contribution < -0.4 is 4.74 Å². The number of aliphatic carboxylic acids is 1. The van der Waals surface area contributed by atoms with Gasteiger partial charge in [-0.2, -0.15) is 16.1 Å². The van der Waals surface area contributed by atoms with E-state index in [0.29, 0.717) is 11.5 Å². The Balaban J connectivity index is 2.21. The van der Waals surface area contributed by atoms with Gasteiger partial charge in [0.25, 0.3) is 0 Å². The minimum absolute atomic E-state index is 0.0128. The lowest BCUT2D eigenvalue weighted by atomic mass is 10.0. The van der Waals surface area contributed by atoms with Crippen molar-refractivity contribution in [2.45, 2.75) is 42.6 Å². The summed E-state index contributed by atoms with van der Waals surface area (Å²) in [6, 6.07) is 4.63. The molecule has 2 rings (SSSR count). The molecule has 1 aromatic carbocycles. The number of aliphatic hydroxyl groups is 1. The van der Waals surface area contributed by atoms with Crippen LogP contribution in [0.25, 0.3) is 0 Å². The molecule has 1 saturated heterocycles. The first-order chi connectivity index (χ1) is 12.6. The first-order valence-corrected chi connectivity index (χ1v) is 10.8. The third kappa shape index (κ3) is 5.17. The number of ether oxygens (including phenoxy) is 1. The Bertz CT molecular complexity index is 837. The number of carboxylic acids is 1. The second-order valence-electron chi connectivity index (χ2n) is 6.57. The van der Waals surface area contributed by atoms with Gasteiger partial charge in [-0.25, -0.2) is 8.42 Å². The lowest BCUT2D eigenvalue weighted by Gasteiger charge is -2.42. The highest BCUT2D eigenvalue weighted by atomic mass is 32.2. The van der Waals surface area contributed by atoms with Crippen molar-refractivity contribution < 1.29 is 28.2 Å². The molecule has 1 aliphatic rings. The quantitative estimate of drug-likeness (QED) is 0.704. The summed E-state index contributed by atoms with van der Waals surface area (Å²) in [6.45, 7) is 5.22. The van der Waals surface area contributed by atoms with Gasteiger partial charge in [-0.3, -0.25) is 4.79 Å². The Morgan fingerprint density at radius 3 is 2.59 bits per heavy atom. The van der Waals surface area contributed by atoms with Crippen LogP contribution in [0.1, 0.15) is 20.8 Å². The largest absolute Gasteiger partial charge is 0.481 e. The van der Waals surface area contributed by atoms with Gasteiger partial charge in [0.15, 0.2) is 0 Å². The van der Waals surface area contributed by atoms with Crippen LogP contribution in [0.5, 0.6) is 5.75 Å². The third-order valence-corrected chi connectivity index (χ3v) is 7.25. The van der Waals surface area contributed by atoms with E-state index in [1.807, 2.05) is 0 Å². The van der Waals surface area contributed by atoms with Crippen molar-refractivity contribution >= 4 is 27.8 Å². The summed E-state index contributed by atoms with van der Waals surface area (Å²) in [4.78, 5) is 11.7. The first kappa shape index (κ1) is 21.6. The molecule has 0 bridgehead atoms. The highest BCUT2D eigenvalue weighted by molar-refractivity contribution is 8.00. The van der Waals surface area contributed by atoms with Crippen LogP contribution in [0, 0.1) is 11.8 Å². The molecule has 1 aliphatic heterocycles. The number of aliphatic hydroxyl groups excluding tert-OH is 1. The van der Waals surface area contributed by atoms with E-state index in [-0.39, 0.29) is 18.0 Å². The van der Waals surface area contributed by atoms with E-state index in [2.05, 4.69) is 11.8 Å². The number of carboxylic acid groups (broad SMARTS) is 1. The summed E-state index contributed by atoms with van der Waals surface area (Å²) in [5.74, 6) is 4.97. The van der Waals surface area contributed by atoms with E-state index in [1.54, 1.807) is 13.8 Å². The Labute approximate surface area is 163 Å². The van der Waals surface area contributed by atoms with Gasteiger partial charge in [0.2, 0.25) is 10.0 Å². The van der Waals surface area contributed by atoms with Crippen LogP contribution in [-0.2, 0) is 14.8 Å². The Morgan fingerprint density at radius 1 is 1.41 bits per heavy atom. The maximum absolute atomic E-state index is 13.0. The number of benzene rings is 1. The number of nitrogens with zero attached hydrogens (tertiary/aromatic N) is 1. The fourth-order valence-corrected chi connectivity index (χ4v) is 5.88. The average Bonchev–Trinajstić information content (AvgIpc) is 2.57. The summed E-state index contributed by atoms with van der Waals surface area (Å²) >= 11 is 1.45. The smallest absolute Gasteiger partial charge is 0.323 e. The zero-order valence-electron chi connectivity index (χ0n) is 15.4.